The van der Waals surface area contributed by atoms with E-state index in [0.717, 1.165) is 0 Å². The lowest BCUT2D eigenvalue weighted by Crippen LogP contribution is -2.48. The Labute approximate surface area is 100.0 Å². The predicted octanol–water partition coefficient (Wildman–Crippen LogP) is 1.90. The molecule has 0 atom stereocenters. The summed E-state index contributed by atoms with van der Waals surface area (Å²) in [5, 5.41) is 2.80. The smallest absolute Gasteiger partial charge is 0.251 e. The van der Waals surface area contributed by atoms with Crippen LogP contribution in [-0.2, 0) is 4.74 Å². The highest BCUT2D eigenvalue weighted by molar-refractivity contribution is 5.94. The molecule has 1 aromatic carbocycles. The number of rotatable bonds is 3. The molecule has 1 aromatic rings. The van der Waals surface area contributed by atoms with Gasteiger partial charge in [-0.3, -0.25) is 4.79 Å². The Morgan fingerprint density at radius 2 is 2.24 bits per heavy atom. The summed E-state index contributed by atoms with van der Waals surface area (Å²) in [5.41, 5.74) is 0.927. The summed E-state index contributed by atoms with van der Waals surface area (Å²) < 4.78 is 18.4. The second-order valence-corrected chi connectivity index (χ2v) is 4.95. The van der Waals surface area contributed by atoms with Gasteiger partial charge in [-0.05, 0) is 24.6 Å². The minimum atomic E-state index is -0.351. The van der Waals surface area contributed by atoms with Crippen LogP contribution in [0.2, 0.25) is 0 Å². The highest BCUT2D eigenvalue weighted by Crippen LogP contribution is 2.25. The van der Waals surface area contributed by atoms with Crippen molar-refractivity contribution in [3.05, 3.63) is 35.1 Å². The van der Waals surface area contributed by atoms with Crippen molar-refractivity contribution in [2.24, 2.45) is 5.41 Å². The fourth-order valence-corrected chi connectivity index (χ4v) is 1.68. The number of carbonyl (C=O) groups excluding carboxylic acids is 1. The molecule has 1 aliphatic heterocycles. The standard InChI is InChI=1S/C13H16FNO2/c1-9-3-4-10(5-11(9)14)12(16)15-6-13(2)7-17-8-13/h3-5H,6-8H2,1-2H3,(H,15,16). The minimum absolute atomic E-state index is 0.0267. The highest BCUT2D eigenvalue weighted by atomic mass is 19.1. The predicted molar refractivity (Wildman–Crippen MR) is 62.4 cm³/mol. The molecule has 17 heavy (non-hydrogen) atoms. The van der Waals surface area contributed by atoms with Crippen LogP contribution in [0, 0.1) is 18.2 Å². The first-order valence-electron chi connectivity index (χ1n) is 5.62. The largest absolute Gasteiger partial charge is 0.380 e. The quantitative estimate of drug-likeness (QED) is 0.872. The van der Waals surface area contributed by atoms with Crippen LogP contribution in [0.5, 0.6) is 0 Å². The molecule has 0 saturated carbocycles. The molecular formula is C13H16FNO2. The topological polar surface area (TPSA) is 38.3 Å². The monoisotopic (exact) mass is 237 g/mol. The van der Waals surface area contributed by atoms with E-state index in [9.17, 15) is 9.18 Å². The van der Waals surface area contributed by atoms with E-state index >= 15 is 0 Å². The van der Waals surface area contributed by atoms with Crippen molar-refractivity contribution >= 4 is 5.91 Å². The van der Waals surface area contributed by atoms with Crippen molar-refractivity contribution in [1.29, 1.82) is 0 Å². The second kappa shape index (κ2) is 4.45. The number of amides is 1. The summed E-state index contributed by atoms with van der Waals surface area (Å²) in [6, 6.07) is 4.51. The molecule has 0 bridgehead atoms. The van der Waals surface area contributed by atoms with Gasteiger partial charge in [0.05, 0.1) is 13.2 Å². The van der Waals surface area contributed by atoms with Crippen LogP contribution in [0.1, 0.15) is 22.8 Å². The molecule has 0 unspecified atom stereocenters. The number of hydrogen-bond acceptors (Lipinski definition) is 2. The van der Waals surface area contributed by atoms with Gasteiger partial charge in [-0.15, -0.1) is 0 Å². The number of nitrogens with one attached hydrogen (secondary N) is 1. The Bertz CT molecular complexity index is 441. The van der Waals surface area contributed by atoms with Gasteiger partial charge in [-0.1, -0.05) is 13.0 Å². The molecule has 1 saturated heterocycles. The first-order valence-corrected chi connectivity index (χ1v) is 5.62. The van der Waals surface area contributed by atoms with Crippen molar-refractivity contribution in [2.45, 2.75) is 13.8 Å². The number of halogens is 1. The molecule has 92 valence electrons. The molecular weight excluding hydrogens is 221 g/mol. The molecule has 3 nitrogen and oxygen atoms in total. The number of benzene rings is 1. The minimum Gasteiger partial charge on any atom is -0.380 e. The van der Waals surface area contributed by atoms with Gasteiger partial charge in [0.1, 0.15) is 5.82 Å². The van der Waals surface area contributed by atoms with Gasteiger partial charge in [0, 0.05) is 17.5 Å². The Morgan fingerprint density at radius 1 is 1.53 bits per heavy atom. The van der Waals surface area contributed by atoms with Gasteiger partial charge < -0.3 is 10.1 Å². The van der Waals surface area contributed by atoms with E-state index in [1.807, 2.05) is 6.92 Å². The molecule has 2 rings (SSSR count). The molecule has 1 heterocycles. The van der Waals surface area contributed by atoms with Crippen LogP contribution < -0.4 is 5.32 Å². The summed E-state index contributed by atoms with van der Waals surface area (Å²) >= 11 is 0. The third kappa shape index (κ3) is 2.64. The number of aryl methyl sites for hydroxylation is 1. The van der Waals surface area contributed by atoms with Crippen molar-refractivity contribution in [3.63, 3.8) is 0 Å². The zero-order chi connectivity index (χ0) is 12.5. The maximum Gasteiger partial charge on any atom is 0.251 e. The molecule has 0 aliphatic carbocycles. The third-order valence-electron chi connectivity index (χ3n) is 3.01. The van der Waals surface area contributed by atoms with Crippen LogP contribution in [0.15, 0.2) is 18.2 Å². The van der Waals surface area contributed by atoms with Gasteiger partial charge in [0.15, 0.2) is 0 Å². The van der Waals surface area contributed by atoms with Gasteiger partial charge in [-0.25, -0.2) is 4.39 Å². The Hall–Kier alpha value is -1.42. The van der Waals surface area contributed by atoms with Gasteiger partial charge in [0.2, 0.25) is 0 Å². The zero-order valence-corrected chi connectivity index (χ0v) is 10.0. The van der Waals surface area contributed by atoms with Gasteiger partial charge in [-0.2, -0.15) is 0 Å². The SMILES string of the molecule is Cc1ccc(C(=O)NCC2(C)COC2)cc1F. The fourth-order valence-electron chi connectivity index (χ4n) is 1.68. The average Bonchev–Trinajstić information content (AvgIpc) is 2.27. The van der Waals surface area contributed by atoms with E-state index in [-0.39, 0.29) is 17.1 Å². The second-order valence-electron chi connectivity index (χ2n) is 4.95. The average molecular weight is 237 g/mol. The number of carbonyl (C=O) groups is 1. The van der Waals surface area contributed by atoms with Crippen LogP contribution in [0.25, 0.3) is 0 Å². The van der Waals surface area contributed by atoms with E-state index in [4.69, 9.17) is 4.74 Å². The summed E-state index contributed by atoms with van der Waals surface area (Å²) in [6.07, 6.45) is 0. The molecule has 0 radical (unpaired) electrons. The van der Waals surface area contributed by atoms with E-state index in [2.05, 4.69) is 5.32 Å². The lowest BCUT2D eigenvalue weighted by molar-refractivity contribution is -0.0978. The van der Waals surface area contributed by atoms with Crippen molar-refractivity contribution in [1.82, 2.24) is 5.32 Å². The van der Waals surface area contributed by atoms with Crippen LogP contribution >= 0.6 is 0 Å². The van der Waals surface area contributed by atoms with Crippen molar-refractivity contribution in [2.75, 3.05) is 19.8 Å². The normalized spacial score (nSPS) is 17.4. The third-order valence-corrected chi connectivity index (χ3v) is 3.01. The Kier molecular flexibility index (Phi) is 3.15. The maximum atomic E-state index is 13.3. The number of ether oxygens (including phenoxy) is 1. The van der Waals surface area contributed by atoms with E-state index < -0.39 is 0 Å². The summed E-state index contributed by atoms with van der Waals surface area (Å²) in [4.78, 5) is 11.8. The summed E-state index contributed by atoms with van der Waals surface area (Å²) in [6.45, 7) is 5.60. The van der Waals surface area contributed by atoms with E-state index in [0.29, 0.717) is 30.9 Å². The van der Waals surface area contributed by atoms with Crippen LogP contribution in [0.4, 0.5) is 4.39 Å². The molecule has 1 N–H and O–H groups in total. The first-order chi connectivity index (χ1) is 8.00. The Balaban J connectivity index is 1.97. The molecule has 0 aromatic heterocycles. The molecule has 1 fully saturated rings. The lowest BCUT2D eigenvalue weighted by atomic mass is 9.88. The van der Waals surface area contributed by atoms with Gasteiger partial charge >= 0.3 is 0 Å². The zero-order valence-electron chi connectivity index (χ0n) is 10.0. The first kappa shape index (κ1) is 12.0. The lowest BCUT2D eigenvalue weighted by Gasteiger charge is -2.38. The van der Waals surface area contributed by atoms with E-state index in [1.54, 1.807) is 19.1 Å². The van der Waals surface area contributed by atoms with Gasteiger partial charge in [0.25, 0.3) is 5.91 Å². The maximum absolute atomic E-state index is 13.3. The van der Waals surface area contributed by atoms with Crippen molar-refractivity contribution < 1.29 is 13.9 Å². The summed E-state index contributed by atoms with van der Waals surface area (Å²) in [5.74, 6) is -0.590. The van der Waals surface area contributed by atoms with Crippen molar-refractivity contribution in [3.8, 4) is 0 Å². The molecule has 1 amide bonds. The summed E-state index contributed by atoms with van der Waals surface area (Å²) in [7, 11) is 0. The highest BCUT2D eigenvalue weighted by Gasteiger charge is 2.33. The molecule has 4 heteroatoms. The van der Waals surface area contributed by atoms with Crippen LogP contribution in [-0.4, -0.2) is 25.7 Å². The number of hydrogen-bond donors (Lipinski definition) is 1. The van der Waals surface area contributed by atoms with Crippen LogP contribution in [0.3, 0.4) is 0 Å². The fraction of sp³-hybridized carbons (Fsp3) is 0.462. The molecule has 1 aliphatic rings. The molecule has 0 spiro atoms. The Morgan fingerprint density at radius 3 is 2.76 bits per heavy atom. The van der Waals surface area contributed by atoms with E-state index in [1.165, 1.54) is 6.07 Å².